The fourth-order valence-corrected chi connectivity index (χ4v) is 5.51. The van der Waals surface area contributed by atoms with Crippen LogP contribution in [-0.4, -0.2) is 44.0 Å². The van der Waals surface area contributed by atoms with Crippen molar-refractivity contribution < 1.29 is 9.90 Å². The maximum absolute atomic E-state index is 13.2. The summed E-state index contributed by atoms with van der Waals surface area (Å²) in [6.45, 7) is 1.65. The van der Waals surface area contributed by atoms with Gasteiger partial charge < -0.3 is 10.0 Å². The number of likely N-dealkylation sites (tertiary alicyclic amines) is 1. The highest BCUT2D eigenvalue weighted by molar-refractivity contribution is 6.30. The zero-order valence-electron chi connectivity index (χ0n) is 19.1. The topological polar surface area (TPSA) is 88.3 Å². The molecule has 1 aliphatic heterocycles. The molecule has 7 nitrogen and oxygen atoms in total. The Balaban J connectivity index is 1.15. The molecule has 3 aromatic rings. The zero-order chi connectivity index (χ0) is 23.7. The second kappa shape index (κ2) is 9.47. The Hall–Kier alpha value is -2.77. The molecule has 0 atom stereocenters. The van der Waals surface area contributed by atoms with Gasteiger partial charge in [-0.1, -0.05) is 41.1 Å². The Kier molecular flexibility index (Phi) is 6.40. The first-order valence-corrected chi connectivity index (χ1v) is 12.4. The molecule has 2 aromatic carbocycles. The molecule has 1 saturated carbocycles. The molecule has 34 heavy (non-hydrogen) atoms. The quantitative estimate of drug-likeness (QED) is 0.614. The summed E-state index contributed by atoms with van der Waals surface area (Å²) in [6, 6.07) is 14.6. The molecule has 1 aromatic heterocycles. The van der Waals surface area contributed by atoms with E-state index in [0.29, 0.717) is 54.3 Å². The van der Waals surface area contributed by atoms with Gasteiger partial charge in [-0.2, -0.15) is 0 Å². The normalized spacial score (nSPS) is 22.6. The number of rotatable bonds is 4. The fourth-order valence-electron chi connectivity index (χ4n) is 5.38. The summed E-state index contributed by atoms with van der Waals surface area (Å²) in [5, 5.41) is 20.6. The van der Waals surface area contributed by atoms with Crippen LogP contribution in [0.3, 0.4) is 0 Å². The van der Waals surface area contributed by atoms with Crippen molar-refractivity contribution >= 4 is 28.4 Å². The molecular formula is C26H29ClN4O3. The predicted molar refractivity (Wildman–Crippen MR) is 130 cm³/mol. The van der Waals surface area contributed by atoms with E-state index in [2.05, 4.69) is 10.3 Å². The van der Waals surface area contributed by atoms with Gasteiger partial charge in [0.2, 0.25) is 5.91 Å². The number of carbonyl (C=O) groups excluding carboxylic acids is 1. The lowest BCUT2D eigenvalue weighted by atomic mass is 9.80. The zero-order valence-corrected chi connectivity index (χ0v) is 19.8. The number of nitrogens with zero attached hydrogens (tertiary/aromatic N) is 4. The van der Waals surface area contributed by atoms with Gasteiger partial charge in [-0.3, -0.25) is 9.59 Å². The lowest BCUT2D eigenvalue weighted by Gasteiger charge is -2.40. The SMILES string of the molecule is O=C(C1CCC(Cn2nnc3ccccc3c2=O)CC1)N1CCC(O)(c2ccc(Cl)cc2)CC1. The summed E-state index contributed by atoms with van der Waals surface area (Å²) in [5.74, 6) is 0.519. The van der Waals surface area contributed by atoms with E-state index >= 15 is 0 Å². The molecule has 5 rings (SSSR count). The van der Waals surface area contributed by atoms with Gasteiger partial charge in [-0.25, -0.2) is 4.68 Å². The summed E-state index contributed by atoms with van der Waals surface area (Å²) < 4.78 is 1.47. The van der Waals surface area contributed by atoms with Crippen LogP contribution in [0.1, 0.15) is 44.1 Å². The predicted octanol–water partition coefficient (Wildman–Crippen LogP) is 3.76. The van der Waals surface area contributed by atoms with Gasteiger partial charge in [0.05, 0.1) is 11.0 Å². The van der Waals surface area contributed by atoms with Crippen LogP contribution in [0.25, 0.3) is 10.9 Å². The van der Waals surface area contributed by atoms with Crippen LogP contribution in [0.5, 0.6) is 0 Å². The first-order chi connectivity index (χ1) is 16.4. The average molecular weight is 481 g/mol. The Morgan fingerprint density at radius 1 is 1.03 bits per heavy atom. The third-order valence-corrected chi connectivity index (χ3v) is 7.79. The largest absolute Gasteiger partial charge is 0.385 e. The summed E-state index contributed by atoms with van der Waals surface area (Å²) in [6.07, 6.45) is 4.47. The van der Waals surface area contributed by atoms with Crippen molar-refractivity contribution in [3.8, 4) is 0 Å². The Labute approximate surface area is 203 Å². The van der Waals surface area contributed by atoms with E-state index in [0.717, 1.165) is 31.2 Å². The van der Waals surface area contributed by atoms with Gasteiger partial charge in [0.1, 0.15) is 5.52 Å². The highest BCUT2D eigenvalue weighted by Crippen LogP contribution is 2.36. The van der Waals surface area contributed by atoms with Crippen LogP contribution in [0.4, 0.5) is 0 Å². The minimum absolute atomic E-state index is 0.0115. The van der Waals surface area contributed by atoms with Crippen molar-refractivity contribution in [3.05, 3.63) is 69.5 Å². The maximum Gasteiger partial charge on any atom is 0.277 e. The van der Waals surface area contributed by atoms with Crippen molar-refractivity contribution in [1.29, 1.82) is 0 Å². The second-order valence-electron chi connectivity index (χ2n) is 9.68. The molecule has 1 aliphatic carbocycles. The van der Waals surface area contributed by atoms with Crippen molar-refractivity contribution in [2.45, 2.75) is 50.7 Å². The molecule has 1 amide bonds. The number of piperidine rings is 1. The second-order valence-corrected chi connectivity index (χ2v) is 10.1. The number of fused-ring (bicyclic) bond motifs is 1. The molecule has 1 saturated heterocycles. The molecule has 0 bridgehead atoms. The number of aromatic nitrogens is 3. The van der Waals surface area contributed by atoms with Crippen LogP contribution >= 0.6 is 11.6 Å². The van der Waals surface area contributed by atoms with Gasteiger partial charge in [0.15, 0.2) is 0 Å². The molecule has 2 heterocycles. The molecule has 0 radical (unpaired) electrons. The molecule has 2 aliphatic rings. The van der Waals surface area contributed by atoms with Gasteiger partial charge >= 0.3 is 0 Å². The lowest BCUT2D eigenvalue weighted by molar-refractivity contribution is -0.141. The van der Waals surface area contributed by atoms with Crippen molar-refractivity contribution in [3.63, 3.8) is 0 Å². The van der Waals surface area contributed by atoms with Crippen molar-refractivity contribution in [1.82, 2.24) is 19.9 Å². The third-order valence-electron chi connectivity index (χ3n) is 7.54. The van der Waals surface area contributed by atoms with E-state index in [1.807, 2.05) is 29.2 Å². The molecular weight excluding hydrogens is 452 g/mol. The van der Waals surface area contributed by atoms with Crippen LogP contribution in [0.15, 0.2) is 53.3 Å². The number of benzene rings is 2. The van der Waals surface area contributed by atoms with E-state index in [9.17, 15) is 14.7 Å². The van der Waals surface area contributed by atoms with Gasteiger partial charge in [-0.15, -0.1) is 5.10 Å². The van der Waals surface area contributed by atoms with E-state index in [1.165, 1.54) is 4.68 Å². The number of amides is 1. The average Bonchev–Trinajstić information content (AvgIpc) is 2.87. The number of halogens is 1. The van der Waals surface area contributed by atoms with E-state index in [-0.39, 0.29) is 17.4 Å². The summed E-state index contributed by atoms with van der Waals surface area (Å²) in [5.41, 5.74) is 0.456. The minimum atomic E-state index is -0.910. The monoisotopic (exact) mass is 480 g/mol. The number of carbonyl (C=O) groups is 1. The van der Waals surface area contributed by atoms with Crippen LogP contribution in [0, 0.1) is 11.8 Å². The first-order valence-electron chi connectivity index (χ1n) is 12.0. The highest BCUT2D eigenvalue weighted by atomic mass is 35.5. The molecule has 0 spiro atoms. The molecule has 8 heteroatoms. The van der Waals surface area contributed by atoms with E-state index in [4.69, 9.17) is 11.6 Å². The molecule has 178 valence electrons. The Morgan fingerprint density at radius 3 is 2.41 bits per heavy atom. The molecule has 0 unspecified atom stereocenters. The third kappa shape index (κ3) is 4.59. The standard InChI is InChI=1S/C26H29ClN4O3/c27-21-11-9-20(10-12-21)26(34)13-15-30(16-14-26)24(32)19-7-5-18(6-8-19)17-31-25(33)22-3-1-2-4-23(22)28-29-31/h1-4,9-12,18-19,34H,5-8,13-17H2. The Bertz CT molecular complexity index is 1230. The Morgan fingerprint density at radius 2 is 1.71 bits per heavy atom. The van der Waals surface area contributed by atoms with Gasteiger partial charge in [0.25, 0.3) is 5.56 Å². The van der Waals surface area contributed by atoms with E-state index < -0.39 is 5.60 Å². The summed E-state index contributed by atoms with van der Waals surface area (Å²) in [4.78, 5) is 27.8. The first kappa shape index (κ1) is 23.0. The number of aliphatic hydroxyl groups is 1. The van der Waals surface area contributed by atoms with E-state index in [1.54, 1.807) is 24.3 Å². The minimum Gasteiger partial charge on any atom is -0.385 e. The smallest absolute Gasteiger partial charge is 0.277 e. The van der Waals surface area contributed by atoms with Crippen LogP contribution in [-0.2, 0) is 16.9 Å². The fraction of sp³-hybridized carbons (Fsp3) is 0.462. The van der Waals surface area contributed by atoms with Crippen LogP contribution in [0.2, 0.25) is 5.02 Å². The highest BCUT2D eigenvalue weighted by Gasteiger charge is 2.37. The van der Waals surface area contributed by atoms with Crippen molar-refractivity contribution in [2.75, 3.05) is 13.1 Å². The number of hydrogen-bond acceptors (Lipinski definition) is 5. The van der Waals surface area contributed by atoms with Gasteiger partial charge in [0, 0.05) is 30.6 Å². The summed E-state index contributed by atoms with van der Waals surface area (Å²) >= 11 is 5.98. The van der Waals surface area contributed by atoms with Gasteiger partial charge in [-0.05, 0) is 74.3 Å². The lowest BCUT2D eigenvalue weighted by Crippen LogP contribution is -2.47. The maximum atomic E-state index is 13.2. The number of hydrogen-bond donors (Lipinski definition) is 1. The molecule has 2 fully saturated rings. The summed E-state index contributed by atoms with van der Waals surface area (Å²) in [7, 11) is 0. The molecule has 1 N–H and O–H groups in total. The van der Waals surface area contributed by atoms with Crippen LogP contribution < -0.4 is 5.56 Å². The van der Waals surface area contributed by atoms with Crippen molar-refractivity contribution in [2.24, 2.45) is 11.8 Å².